The Bertz CT molecular complexity index is 562. The standard InChI is InChI=1S/C19H25NO/c1-14-6-5-7-18(12-14)16(3)20-15(2)13-17-8-10-19(21-4)11-9-17/h5-12,15-16,20H,13H2,1-4H3/t15?,16-/m0/s1. The van der Waals surface area contributed by atoms with Crippen molar-refractivity contribution in [1.29, 1.82) is 0 Å². The first-order chi connectivity index (χ1) is 10.1. The molecular formula is C19H25NO. The molecule has 0 amide bonds. The Hall–Kier alpha value is -1.80. The van der Waals surface area contributed by atoms with Crippen LogP contribution in [0.5, 0.6) is 5.75 Å². The van der Waals surface area contributed by atoms with E-state index in [1.807, 2.05) is 12.1 Å². The lowest BCUT2D eigenvalue weighted by Gasteiger charge is -2.21. The van der Waals surface area contributed by atoms with Crippen LogP contribution in [0.3, 0.4) is 0 Å². The van der Waals surface area contributed by atoms with Gasteiger partial charge in [-0.1, -0.05) is 42.0 Å². The summed E-state index contributed by atoms with van der Waals surface area (Å²) in [6.07, 6.45) is 1.01. The lowest BCUT2D eigenvalue weighted by Crippen LogP contribution is -2.30. The molecule has 2 aromatic carbocycles. The lowest BCUT2D eigenvalue weighted by atomic mass is 10.0. The second kappa shape index (κ2) is 7.28. The minimum absolute atomic E-state index is 0.359. The van der Waals surface area contributed by atoms with Crippen molar-refractivity contribution in [3.63, 3.8) is 0 Å². The molecule has 2 aromatic rings. The van der Waals surface area contributed by atoms with E-state index in [2.05, 4.69) is 62.5 Å². The highest BCUT2D eigenvalue weighted by atomic mass is 16.5. The maximum absolute atomic E-state index is 5.19. The number of ether oxygens (including phenoxy) is 1. The number of rotatable bonds is 6. The van der Waals surface area contributed by atoms with Gasteiger partial charge in [-0.2, -0.15) is 0 Å². The van der Waals surface area contributed by atoms with E-state index in [-0.39, 0.29) is 0 Å². The summed E-state index contributed by atoms with van der Waals surface area (Å²) in [7, 11) is 1.70. The van der Waals surface area contributed by atoms with Crippen LogP contribution in [0, 0.1) is 6.92 Å². The summed E-state index contributed by atoms with van der Waals surface area (Å²) in [4.78, 5) is 0. The lowest BCUT2D eigenvalue weighted by molar-refractivity contribution is 0.414. The molecule has 0 saturated carbocycles. The number of hydrogen-bond acceptors (Lipinski definition) is 2. The fourth-order valence-electron chi connectivity index (χ4n) is 2.64. The van der Waals surface area contributed by atoms with Crippen LogP contribution in [0.15, 0.2) is 48.5 Å². The van der Waals surface area contributed by atoms with Crippen molar-refractivity contribution in [1.82, 2.24) is 5.32 Å². The maximum atomic E-state index is 5.19. The molecule has 2 heteroatoms. The van der Waals surface area contributed by atoms with Crippen molar-refractivity contribution >= 4 is 0 Å². The molecule has 2 nitrogen and oxygen atoms in total. The first-order valence-electron chi connectivity index (χ1n) is 7.54. The molecule has 1 unspecified atom stereocenters. The van der Waals surface area contributed by atoms with Gasteiger partial charge in [0.15, 0.2) is 0 Å². The van der Waals surface area contributed by atoms with Gasteiger partial charge in [-0.05, 0) is 50.5 Å². The van der Waals surface area contributed by atoms with Crippen molar-refractivity contribution in [3.05, 3.63) is 65.2 Å². The molecular weight excluding hydrogens is 258 g/mol. The van der Waals surface area contributed by atoms with Gasteiger partial charge >= 0.3 is 0 Å². The van der Waals surface area contributed by atoms with Crippen LogP contribution in [-0.2, 0) is 6.42 Å². The van der Waals surface area contributed by atoms with E-state index in [0.717, 1.165) is 12.2 Å². The summed E-state index contributed by atoms with van der Waals surface area (Å²) >= 11 is 0. The fraction of sp³-hybridized carbons (Fsp3) is 0.368. The monoisotopic (exact) mass is 283 g/mol. The predicted octanol–water partition coefficient (Wildman–Crippen LogP) is 4.29. The highest BCUT2D eigenvalue weighted by Crippen LogP contribution is 2.16. The van der Waals surface area contributed by atoms with Crippen molar-refractivity contribution in [2.45, 2.75) is 39.3 Å². The van der Waals surface area contributed by atoms with E-state index < -0.39 is 0 Å². The fourth-order valence-corrected chi connectivity index (χ4v) is 2.64. The first kappa shape index (κ1) is 15.6. The Labute approximate surface area is 128 Å². The molecule has 2 atom stereocenters. The van der Waals surface area contributed by atoms with Crippen molar-refractivity contribution in [2.75, 3.05) is 7.11 Å². The van der Waals surface area contributed by atoms with Crippen LogP contribution in [0.2, 0.25) is 0 Å². The number of nitrogens with one attached hydrogen (secondary N) is 1. The summed E-state index contributed by atoms with van der Waals surface area (Å²) in [5, 5.41) is 3.67. The normalized spacial score (nSPS) is 13.7. The van der Waals surface area contributed by atoms with Crippen LogP contribution in [-0.4, -0.2) is 13.2 Å². The highest BCUT2D eigenvalue weighted by molar-refractivity contribution is 5.28. The van der Waals surface area contributed by atoms with Crippen molar-refractivity contribution in [2.24, 2.45) is 0 Å². The van der Waals surface area contributed by atoms with E-state index in [4.69, 9.17) is 4.74 Å². The number of aryl methyl sites for hydroxylation is 1. The summed E-state index contributed by atoms with van der Waals surface area (Å²) in [5.41, 5.74) is 3.98. The Balaban J connectivity index is 1.92. The minimum atomic E-state index is 0.359. The third-order valence-corrected chi connectivity index (χ3v) is 3.78. The topological polar surface area (TPSA) is 21.3 Å². The van der Waals surface area contributed by atoms with E-state index >= 15 is 0 Å². The molecule has 0 aliphatic rings. The van der Waals surface area contributed by atoms with E-state index in [1.54, 1.807) is 7.11 Å². The molecule has 0 heterocycles. The van der Waals surface area contributed by atoms with Crippen LogP contribution in [0.1, 0.15) is 36.6 Å². The van der Waals surface area contributed by atoms with Crippen molar-refractivity contribution < 1.29 is 4.74 Å². The average molecular weight is 283 g/mol. The summed E-state index contributed by atoms with van der Waals surface area (Å²) in [5.74, 6) is 0.910. The van der Waals surface area contributed by atoms with Crippen molar-refractivity contribution in [3.8, 4) is 5.75 Å². The van der Waals surface area contributed by atoms with Gasteiger partial charge in [-0.3, -0.25) is 0 Å². The Morgan fingerprint density at radius 2 is 1.76 bits per heavy atom. The zero-order chi connectivity index (χ0) is 15.2. The second-order valence-electron chi connectivity index (χ2n) is 5.76. The van der Waals surface area contributed by atoms with Gasteiger partial charge in [0.1, 0.15) is 5.75 Å². The molecule has 0 aromatic heterocycles. The van der Waals surface area contributed by atoms with Gasteiger partial charge < -0.3 is 10.1 Å². The van der Waals surface area contributed by atoms with E-state index in [0.29, 0.717) is 12.1 Å². The SMILES string of the molecule is COc1ccc(CC(C)N[C@@H](C)c2cccc(C)c2)cc1. The smallest absolute Gasteiger partial charge is 0.118 e. The summed E-state index contributed by atoms with van der Waals surface area (Å²) in [6, 6.07) is 17.8. The molecule has 0 saturated heterocycles. The Morgan fingerprint density at radius 1 is 1.05 bits per heavy atom. The van der Waals surface area contributed by atoms with E-state index in [9.17, 15) is 0 Å². The third-order valence-electron chi connectivity index (χ3n) is 3.78. The summed E-state index contributed by atoms with van der Waals surface area (Å²) in [6.45, 7) is 6.59. The first-order valence-corrected chi connectivity index (χ1v) is 7.54. The summed E-state index contributed by atoms with van der Waals surface area (Å²) < 4.78 is 5.19. The predicted molar refractivity (Wildman–Crippen MR) is 88.9 cm³/mol. The highest BCUT2D eigenvalue weighted by Gasteiger charge is 2.10. The van der Waals surface area contributed by atoms with Gasteiger partial charge in [0.25, 0.3) is 0 Å². The Morgan fingerprint density at radius 3 is 2.38 bits per heavy atom. The Kier molecular flexibility index (Phi) is 5.40. The maximum Gasteiger partial charge on any atom is 0.118 e. The van der Waals surface area contributed by atoms with Gasteiger partial charge in [0, 0.05) is 12.1 Å². The van der Waals surface area contributed by atoms with Crippen LogP contribution in [0.4, 0.5) is 0 Å². The molecule has 0 aliphatic carbocycles. The molecule has 2 rings (SSSR count). The average Bonchev–Trinajstić information content (AvgIpc) is 2.48. The van der Waals surface area contributed by atoms with E-state index in [1.165, 1.54) is 16.7 Å². The molecule has 0 aliphatic heterocycles. The zero-order valence-corrected chi connectivity index (χ0v) is 13.4. The molecule has 0 spiro atoms. The molecule has 112 valence electrons. The zero-order valence-electron chi connectivity index (χ0n) is 13.4. The molecule has 1 N–H and O–H groups in total. The molecule has 0 fully saturated rings. The van der Waals surface area contributed by atoms with Gasteiger partial charge in [0.05, 0.1) is 7.11 Å². The van der Waals surface area contributed by atoms with Crippen LogP contribution in [0.25, 0.3) is 0 Å². The van der Waals surface area contributed by atoms with Crippen LogP contribution < -0.4 is 10.1 Å². The number of methoxy groups -OCH3 is 1. The molecule has 0 radical (unpaired) electrons. The number of hydrogen-bond donors (Lipinski definition) is 1. The van der Waals surface area contributed by atoms with Gasteiger partial charge in [-0.15, -0.1) is 0 Å². The molecule has 21 heavy (non-hydrogen) atoms. The molecule has 0 bridgehead atoms. The van der Waals surface area contributed by atoms with Crippen LogP contribution >= 0.6 is 0 Å². The number of benzene rings is 2. The minimum Gasteiger partial charge on any atom is -0.497 e. The largest absolute Gasteiger partial charge is 0.497 e. The van der Waals surface area contributed by atoms with Gasteiger partial charge in [0.2, 0.25) is 0 Å². The third kappa shape index (κ3) is 4.61. The quantitative estimate of drug-likeness (QED) is 0.854. The van der Waals surface area contributed by atoms with Gasteiger partial charge in [-0.25, -0.2) is 0 Å². The second-order valence-corrected chi connectivity index (χ2v) is 5.76.